The van der Waals surface area contributed by atoms with Gasteiger partial charge in [0.2, 0.25) is 20.0 Å². The maximum absolute atomic E-state index is 12.8. The van der Waals surface area contributed by atoms with Crippen molar-refractivity contribution in [3.63, 3.8) is 0 Å². The third kappa shape index (κ3) is 4.77. The fourth-order valence-electron chi connectivity index (χ4n) is 2.76. The number of hydrogen-bond acceptors (Lipinski definition) is 6. The molecule has 12 heteroatoms. The summed E-state index contributed by atoms with van der Waals surface area (Å²) in [4.78, 5) is -0.0689. The Morgan fingerprint density at radius 3 is 2.41 bits per heavy atom. The molecule has 10 nitrogen and oxygen atoms in total. The molecule has 2 aromatic heterocycles. The Morgan fingerprint density at radius 1 is 1.10 bits per heavy atom. The van der Waals surface area contributed by atoms with Gasteiger partial charge in [-0.1, -0.05) is 26.8 Å². The fraction of sp³-hybridized carbons (Fsp3) is 0.412. The summed E-state index contributed by atoms with van der Waals surface area (Å²) >= 11 is 0. The van der Waals surface area contributed by atoms with Crippen molar-refractivity contribution in [1.82, 2.24) is 24.5 Å². The van der Waals surface area contributed by atoms with Gasteiger partial charge in [-0.25, -0.2) is 26.1 Å². The van der Waals surface area contributed by atoms with Crippen molar-refractivity contribution in [2.45, 2.75) is 44.0 Å². The third-order valence-electron chi connectivity index (χ3n) is 4.19. The quantitative estimate of drug-likeness (QED) is 0.534. The van der Waals surface area contributed by atoms with Gasteiger partial charge in [-0.05, 0) is 25.1 Å². The normalized spacial score (nSPS) is 14.2. The molecule has 1 atom stereocenters. The first-order valence-electron chi connectivity index (χ1n) is 8.81. The van der Waals surface area contributed by atoms with E-state index in [9.17, 15) is 16.8 Å². The smallest absolute Gasteiger partial charge is 0.241 e. The van der Waals surface area contributed by atoms with E-state index in [1.54, 1.807) is 11.4 Å². The van der Waals surface area contributed by atoms with Crippen LogP contribution in [0, 0.1) is 0 Å². The molecule has 3 N–H and O–H groups in total. The second-order valence-electron chi connectivity index (χ2n) is 7.92. The summed E-state index contributed by atoms with van der Waals surface area (Å²) in [5.41, 5.74) is 1.56. The van der Waals surface area contributed by atoms with E-state index in [0.717, 1.165) is 11.9 Å². The predicted molar refractivity (Wildman–Crippen MR) is 110 cm³/mol. The SMILES string of the molecule is CC(NS(=O)(=O)c1cccc(NS(C)(=O)=O)c1)c1nnc2cc(C(C)(C)C)[nH]n12. The number of aromatic nitrogens is 4. The van der Waals surface area contributed by atoms with E-state index in [4.69, 9.17) is 0 Å². The summed E-state index contributed by atoms with van der Waals surface area (Å²) in [7, 11) is -7.46. The van der Waals surface area contributed by atoms with Crippen LogP contribution in [0.25, 0.3) is 5.65 Å². The molecule has 3 rings (SSSR count). The maximum atomic E-state index is 12.8. The summed E-state index contributed by atoms with van der Waals surface area (Å²) in [5.74, 6) is 0.407. The van der Waals surface area contributed by atoms with Crippen molar-refractivity contribution < 1.29 is 16.8 Å². The van der Waals surface area contributed by atoms with Crippen molar-refractivity contribution in [1.29, 1.82) is 0 Å². The molecule has 0 aliphatic rings. The van der Waals surface area contributed by atoms with Crippen LogP contribution in [0.1, 0.15) is 45.3 Å². The zero-order valence-electron chi connectivity index (χ0n) is 16.8. The molecular weight excluding hydrogens is 416 g/mol. The molecule has 0 fully saturated rings. The lowest BCUT2D eigenvalue weighted by molar-refractivity contribution is 0.543. The van der Waals surface area contributed by atoms with Gasteiger partial charge in [0, 0.05) is 22.9 Å². The van der Waals surface area contributed by atoms with Crippen molar-refractivity contribution in [3.05, 3.63) is 41.9 Å². The number of sulfonamides is 2. The van der Waals surface area contributed by atoms with Gasteiger partial charge in [-0.2, -0.15) is 0 Å². The van der Waals surface area contributed by atoms with Crippen LogP contribution in [0.15, 0.2) is 35.2 Å². The summed E-state index contributed by atoms with van der Waals surface area (Å²) in [6, 6.07) is 6.75. The van der Waals surface area contributed by atoms with Crippen LogP contribution in [0.4, 0.5) is 5.69 Å². The minimum atomic E-state index is -3.93. The number of benzene rings is 1. The molecule has 0 spiro atoms. The zero-order chi connectivity index (χ0) is 21.6. The van der Waals surface area contributed by atoms with E-state index in [2.05, 4.69) is 45.5 Å². The van der Waals surface area contributed by atoms with Crippen LogP contribution in [-0.2, 0) is 25.5 Å². The standard InChI is InChI=1S/C17H24N6O4S2/c1-11(16-19-18-15-10-14(17(2,3)4)20-23(15)16)21-29(26,27)13-8-6-7-12(9-13)22-28(5,24)25/h6-11,20-22H,1-5H3. The summed E-state index contributed by atoms with van der Waals surface area (Å²) < 4.78 is 54.9. The molecule has 0 radical (unpaired) electrons. The molecule has 158 valence electrons. The maximum Gasteiger partial charge on any atom is 0.241 e. The summed E-state index contributed by atoms with van der Waals surface area (Å²) in [6.45, 7) is 7.81. The predicted octanol–water partition coefficient (Wildman–Crippen LogP) is 1.77. The number of fused-ring (bicyclic) bond motifs is 1. The topological polar surface area (TPSA) is 138 Å². The Morgan fingerprint density at radius 2 is 1.79 bits per heavy atom. The number of rotatable bonds is 6. The minimum absolute atomic E-state index is 0.0689. The number of hydrogen-bond donors (Lipinski definition) is 3. The van der Waals surface area contributed by atoms with Crippen molar-refractivity contribution in [3.8, 4) is 0 Å². The van der Waals surface area contributed by atoms with E-state index in [-0.39, 0.29) is 16.0 Å². The first kappa shape index (κ1) is 21.3. The summed E-state index contributed by atoms with van der Waals surface area (Å²) in [5, 5.41) is 11.4. The molecule has 2 heterocycles. The van der Waals surface area contributed by atoms with E-state index < -0.39 is 26.1 Å². The van der Waals surface area contributed by atoms with E-state index in [0.29, 0.717) is 11.5 Å². The first-order chi connectivity index (χ1) is 13.3. The van der Waals surface area contributed by atoms with Crippen LogP contribution in [0.5, 0.6) is 0 Å². The molecule has 0 bridgehead atoms. The van der Waals surface area contributed by atoms with Gasteiger partial charge < -0.3 is 0 Å². The highest BCUT2D eigenvalue weighted by Gasteiger charge is 2.25. The first-order valence-corrected chi connectivity index (χ1v) is 12.2. The molecule has 0 aliphatic heterocycles. The van der Waals surface area contributed by atoms with Gasteiger partial charge in [0.15, 0.2) is 11.5 Å². The molecule has 0 saturated carbocycles. The van der Waals surface area contributed by atoms with E-state index >= 15 is 0 Å². The Balaban J connectivity index is 1.88. The van der Waals surface area contributed by atoms with Gasteiger partial charge in [0.1, 0.15) is 0 Å². The lowest BCUT2D eigenvalue weighted by Crippen LogP contribution is -2.28. The van der Waals surface area contributed by atoms with E-state index in [1.807, 2.05) is 6.07 Å². The van der Waals surface area contributed by atoms with Crippen LogP contribution in [-0.4, -0.2) is 42.9 Å². The van der Waals surface area contributed by atoms with Gasteiger partial charge in [0.25, 0.3) is 0 Å². The second-order valence-corrected chi connectivity index (χ2v) is 11.4. The van der Waals surface area contributed by atoms with E-state index in [1.165, 1.54) is 24.3 Å². The van der Waals surface area contributed by atoms with Crippen LogP contribution < -0.4 is 9.44 Å². The third-order valence-corrected chi connectivity index (χ3v) is 6.34. The lowest BCUT2D eigenvalue weighted by Gasteiger charge is -2.16. The Labute approximate surface area is 169 Å². The minimum Gasteiger partial charge on any atom is -0.295 e. The monoisotopic (exact) mass is 440 g/mol. The van der Waals surface area contributed by atoms with Gasteiger partial charge >= 0.3 is 0 Å². The Bertz CT molecular complexity index is 1250. The second kappa shape index (κ2) is 7.11. The highest BCUT2D eigenvalue weighted by molar-refractivity contribution is 7.92. The highest BCUT2D eigenvalue weighted by Crippen LogP contribution is 2.24. The zero-order valence-corrected chi connectivity index (χ0v) is 18.4. The van der Waals surface area contributed by atoms with Crippen LogP contribution >= 0.6 is 0 Å². The number of nitrogens with zero attached hydrogens (tertiary/aromatic N) is 3. The highest BCUT2D eigenvalue weighted by atomic mass is 32.2. The molecule has 29 heavy (non-hydrogen) atoms. The summed E-state index contributed by atoms with van der Waals surface area (Å²) in [6.07, 6.45) is 0.993. The number of aromatic amines is 1. The van der Waals surface area contributed by atoms with Gasteiger partial charge in [-0.15, -0.1) is 10.2 Å². The van der Waals surface area contributed by atoms with Crippen LogP contribution in [0.3, 0.4) is 0 Å². The number of nitrogens with one attached hydrogen (secondary N) is 3. The average Bonchev–Trinajstić information content (AvgIpc) is 3.12. The van der Waals surface area contributed by atoms with Crippen molar-refractivity contribution in [2.75, 3.05) is 11.0 Å². The van der Waals surface area contributed by atoms with Crippen molar-refractivity contribution >= 4 is 31.4 Å². The van der Waals surface area contributed by atoms with Gasteiger partial charge in [0.05, 0.1) is 17.2 Å². The molecular formula is C17H24N6O4S2. The lowest BCUT2D eigenvalue weighted by atomic mass is 9.93. The molecule has 3 aromatic rings. The van der Waals surface area contributed by atoms with Gasteiger partial charge in [-0.3, -0.25) is 9.82 Å². The fourth-order valence-corrected chi connectivity index (χ4v) is 4.56. The molecule has 1 unspecified atom stereocenters. The van der Waals surface area contributed by atoms with Crippen LogP contribution in [0.2, 0.25) is 0 Å². The number of anilines is 1. The average molecular weight is 441 g/mol. The Hall–Kier alpha value is -2.44. The molecule has 0 saturated heterocycles. The van der Waals surface area contributed by atoms with Crippen molar-refractivity contribution in [2.24, 2.45) is 0 Å². The molecule has 0 aliphatic carbocycles. The number of H-pyrrole nitrogens is 1. The Kier molecular flexibility index (Phi) is 5.22. The largest absolute Gasteiger partial charge is 0.295 e. The molecule has 0 amide bonds. The molecule has 1 aromatic carbocycles.